The predicted octanol–water partition coefficient (Wildman–Crippen LogP) is 0.642. The number of rotatable bonds is 2. The van der Waals surface area contributed by atoms with Crippen molar-refractivity contribution in [2.45, 2.75) is 24.8 Å². The molecular weight excluding hydrogens is 205 g/mol. The molecule has 78 valence electrons. The van der Waals surface area contributed by atoms with E-state index in [0.29, 0.717) is 11.5 Å². The number of alkyl halides is 3. The zero-order valence-electron chi connectivity index (χ0n) is 6.97. The van der Waals surface area contributed by atoms with Crippen molar-refractivity contribution >= 4 is 10.9 Å². The molecule has 1 heterocycles. The van der Waals surface area contributed by atoms with E-state index in [-0.39, 0.29) is 0 Å². The molecule has 0 radical (unpaired) electrons. The normalized spacial score (nSPS) is 21.0. The van der Waals surface area contributed by atoms with Gasteiger partial charge in [0.25, 0.3) is 0 Å². The second-order valence-corrected chi connectivity index (χ2v) is 5.52. The van der Waals surface area contributed by atoms with Gasteiger partial charge in [-0.2, -0.15) is 13.2 Å². The molecular formula is C7H12F3O2S+. The maximum atomic E-state index is 12.0. The Morgan fingerprint density at radius 1 is 1.08 bits per heavy atom. The molecule has 1 rings (SSSR count). The van der Waals surface area contributed by atoms with Crippen molar-refractivity contribution < 1.29 is 23.4 Å². The van der Waals surface area contributed by atoms with Crippen LogP contribution in [-0.4, -0.2) is 39.4 Å². The SMILES string of the molecule is OC(O)(C[S+]1CCCC1)C(F)(F)F. The number of halogens is 3. The standard InChI is InChI=1S/C7H12F3O2S/c8-7(9,10)6(11,12)5-13-3-1-2-4-13/h11-12H,1-5H2/q+1. The van der Waals surface area contributed by atoms with Gasteiger partial charge in [-0.1, -0.05) is 0 Å². The maximum absolute atomic E-state index is 12.0. The molecule has 2 N–H and O–H groups in total. The minimum Gasteiger partial charge on any atom is -0.355 e. The van der Waals surface area contributed by atoms with Gasteiger partial charge in [-0.25, -0.2) is 0 Å². The molecule has 0 aromatic carbocycles. The Hall–Kier alpha value is 0.0600. The maximum Gasteiger partial charge on any atom is 0.448 e. The highest BCUT2D eigenvalue weighted by Crippen LogP contribution is 2.31. The molecule has 1 saturated heterocycles. The van der Waals surface area contributed by atoms with Crippen molar-refractivity contribution in [1.82, 2.24) is 0 Å². The zero-order valence-corrected chi connectivity index (χ0v) is 7.79. The van der Waals surface area contributed by atoms with Crippen molar-refractivity contribution in [2.24, 2.45) is 0 Å². The van der Waals surface area contributed by atoms with Crippen molar-refractivity contribution in [3.63, 3.8) is 0 Å². The van der Waals surface area contributed by atoms with E-state index in [1.807, 2.05) is 0 Å². The van der Waals surface area contributed by atoms with Crippen molar-refractivity contribution in [2.75, 3.05) is 17.3 Å². The lowest BCUT2D eigenvalue weighted by atomic mass is 10.3. The van der Waals surface area contributed by atoms with Gasteiger partial charge in [0.1, 0.15) is 11.5 Å². The molecule has 2 nitrogen and oxygen atoms in total. The van der Waals surface area contributed by atoms with Gasteiger partial charge < -0.3 is 10.2 Å². The van der Waals surface area contributed by atoms with Crippen molar-refractivity contribution in [3.8, 4) is 0 Å². The molecule has 0 atom stereocenters. The molecule has 13 heavy (non-hydrogen) atoms. The summed E-state index contributed by atoms with van der Waals surface area (Å²) in [6, 6.07) is 0. The number of aliphatic hydroxyl groups is 2. The zero-order chi connectivity index (χ0) is 10.1. The number of hydrogen-bond acceptors (Lipinski definition) is 2. The molecule has 0 unspecified atom stereocenters. The summed E-state index contributed by atoms with van der Waals surface area (Å²) in [7, 11) is -0.463. The number of hydrogen-bond donors (Lipinski definition) is 2. The summed E-state index contributed by atoms with van der Waals surface area (Å²) in [6.45, 7) is 0. The van der Waals surface area contributed by atoms with Crippen LogP contribution in [0, 0.1) is 0 Å². The average molecular weight is 217 g/mol. The van der Waals surface area contributed by atoms with E-state index < -0.39 is 28.6 Å². The van der Waals surface area contributed by atoms with E-state index >= 15 is 0 Å². The van der Waals surface area contributed by atoms with Gasteiger partial charge in [0, 0.05) is 0 Å². The van der Waals surface area contributed by atoms with Gasteiger partial charge in [-0.05, 0) is 23.7 Å². The minimum absolute atomic E-state index is 0.463. The summed E-state index contributed by atoms with van der Waals surface area (Å²) in [5.41, 5.74) is 0. The Balaban J connectivity index is 2.50. The lowest BCUT2D eigenvalue weighted by molar-refractivity contribution is -0.336. The third-order valence-electron chi connectivity index (χ3n) is 1.98. The quantitative estimate of drug-likeness (QED) is 0.526. The molecule has 1 aliphatic rings. The minimum atomic E-state index is -4.93. The van der Waals surface area contributed by atoms with Crippen LogP contribution in [-0.2, 0) is 10.9 Å². The van der Waals surface area contributed by atoms with Gasteiger partial charge in [-0.15, -0.1) is 0 Å². The van der Waals surface area contributed by atoms with Crippen LogP contribution in [0.3, 0.4) is 0 Å². The van der Waals surface area contributed by atoms with E-state index in [9.17, 15) is 13.2 Å². The van der Waals surface area contributed by atoms with Crippen molar-refractivity contribution in [1.29, 1.82) is 0 Å². The third kappa shape index (κ3) is 2.75. The summed E-state index contributed by atoms with van der Waals surface area (Å²) in [6.07, 6.45) is -3.13. The van der Waals surface area contributed by atoms with Crippen LogP contribution in [0.25, 0.3) is 0 Å². The van der Waals surface area contributed by atoms with Gasteiger partial charge in [0.05, 0.1) is 0 Å². The molecule has 0 aromatic heterocycles. The molecule has 0 amide bonds. The first kappa shape index (κ1) is 11.1. The summed E-state index contributed by atoms with van der Waals surface area (Å²) in [4.78, 5) is 0. The fraction of sp³-hybridized carbons (Fsp3) is 1.00. The molecule has 0 saturated carbocycles. The largest absolute Gasteiger partial charge is 0.448 e. The highest BCUT2D eigenvalue weighted by atomic mass is 32.2. The second kappa shape index (κ2) is 3.67. The van der Waals surface area contributed by atoms with Crippen LogP contribution in [0.1, 0.15) is 12.8 Å². The van der Waals surface area contributed by atoms with Crippen LogP contribution < -0.4 is 0 Å². The van der Waals surface area contributed by atoms with E-state index in [0.717, 1.165) is 12.8 Å². The van der Waals surface area contributed by atoms with Crippen molar-refractivity contribution in [3.05, 3.63) is 0 Å². The summed E-state index contributed by atoms with van der Waals surface area (Å²) in [5, 5.41) is 17.5. The van der Waals surface area contributed by atoms with E-state index in [1.165, 1.54) is 0 Å². The topological polar surface area (TPSA) is 40.5 Å². The van der Waals surface area contributed by atoms with E-state index in [2.05, 4.69) is 0 Å². The highest BCUT2D eigenvalue weighted by Gasteiger charge is 2.57. The predicted molar refractivity (Wildman–Crippen MR) is 44.4 cm³/mol. The average Bonchev–Trinajstić information content (AvgIpc) is 2.35. The molecule has 1 aliphatic heterocycles. The van der Waals surface area contributed by atoms with Crippen LogP contribution in [0.4, 0.5) is 13.2 Å². The Kier molecular flexibility index (Phi) is 3.14. The van der Waals surface area contributed by atoms with Crippen LogP contribution in [0.2, 0.25) is 0 Å². The monoisotopic (exact) mass is 217 g/mol. The molecule has 6 heteroatoms. The van der Waals surface area contributed by atoms with Gasteiger partial charge >= 0.3 is 12.0 Å². The fourth-order valence-corrected chi connectivity index (χ4v) is 3.68. The Bertz CT molecular complexity index is 175. The van der Waals surface area contributed by atoms with Gasteiger partial charge in [0.15, 0.2) is 5.75 Å². The molecule has 0 aliphatic carbocycles. The Morgan fingerprint density at radius 3 is 1.92 bits per heavy atom. The van der Waals surface area contributed by atoms with Crippen LogP contribution in [0.15, 0.2) is 0 Å². The highest BCUT2D eigenvalue weighted by molar-refractivity contribution is 7.97. The first-order chi connectivity index (χ1) is 5.83. The third-order valence-corrected chi connectivity index (χ3v) is 4.52. The fourth-order valence-electron chi connectivity index (χ4n) is 1.23. The van der Waals surface area contributed by atoms with E-state index in [4.69, 9.17) is 10.2 Å². The molecule has 0 aromatic rings. The van der Waals surface area contributed by atoms with Gasteiger partial charge in [-0.3, -0.25) is 0 Å². The molecule has 0 bridgehead atoms. The summed E-state index contributed by atoms with van der Waals surface area (Å²) in [5.74, 6) is -2.66. The molecule has 1 fully saturated rings. The molecule has 0 spiro atoms. The lowest BCUT2D eigenvalue weighted by Gasteiger charge is -2.22. The summed E-state index contributed by atoms with van der Waals surface area (Å²) < 4.78 is 36.0. The Labute approximate surface area is 77.1 Å². The first-order valence-corrected chi connectivity index (χ1v) is 5.72. The summed E-state index contributed by atoms with van der Waals surface area (Å²) >= 11 is 0. The van der Waals surface area contributed by atoms with Crippen LogP contribution >= 0.6 is 0 Å². The van der Waals surface area contributed by atoms with Crippen LogP contribution in [0.5, 0.6) is 0 Å². The Morgan fingerprint density at radius 2 is 1.54 bits per heavy atom. The lowest BCUT2D eigenvalue weighted by Crippen LogP contribution is -2.50. The first-order valence-electron chi connectivity index (χ1n) is 3.98. The second-order valence-electron chi connectivity index (χ2n) is 3.19. The van der Waals surface area contributed by atoms with E-state index in [1.54, 1.807) is 0 Å². The smallest absolute Gasteiger partial charge is 0.355 e. The van der Waals surface area contributed by atoms with Gasteiger partial charge in [0.2, 0.25) is 0 Å².